The van der Waals surface area contributed by atoms with E-state index >= 15 is 0 Å². The highest BCUT2D eigenvalue weighted by Crippen LogP contribution is 2.22. The molecule has 0 aromatic heterocycles. The van der Waals surface area contributed by atoms with Crippen LogP contribution in [0.15, 0.2) is 18.2 Å². The van der Waals surface area contributed by atoms with Crippen molar-refractivity contribution < 1.29 is 9.72 Å². The molecule has 22 heavy (non-hydrogen) atoms. The standard InChI is InChI=1S/C16H25N3O3/c1-11(2)18(12(3)4)10-9-17-16(20)14-8-6-7-13(5)15(14)19(21)22/h6-8,11-12H,9-10H2,1-5H3,(H,17,20). The molecule has 0 bridgehead atoms. The molecule has 0 aliphatic carbocycles. The molecule has 0 radical (unpaired) electrons. The molecule has 0 saturated carbocycles. The van der Waals surface area contributed by atoms with E-state index in [0.29, 0.717) is 30.7 Å². The summed E-state index contributed by atoms with van der Waals surface area (Å²) in [6, 6.07) is 5.54. The van der Waals surface area contributed by atoms with Crippen LogP contribution in [0.5, 0.6) is 0 Å². The van der Waals surface area contributed by atoms with Crippen LogP contribution < -0.4 is 5.32 Å². The summed E-state index contributed by atoms with van der Waals surface area (Å²) < 4.78 is 0. The van der Waals surface area contributed by atoms with Gasteiger partial charge in [0.2, 0.25) is 0 Å². The number of hydrogen-bond donors (Lipinski definition) is 1. The van der Waals surface area contributed by atoms with Gasteiger partial charge in [0.05, 0.1) is 4.92 Å². The van der Waals surface area contributed by atoms with Crippen molar-refractivity contribution in [3.05, 3.63) is 39.4 Å². The summed E-state index contributed by atoms with van der Waals surface area (Å²) >= 11 is 0. The van der Waals surface area contributed by atoms with E-state index in [0.717, 1.165) is 0 Å². The number of nitrogens with one attached hydrogen (secondary N) is 1. The summed E-state index contributed by atoms with van der Waals surface area (Å²) in [7, 11) is 0. The van der Waals surface area contributed by atoms with Gasteiger partial charge in [-0.05, 0) is 40.7 Å². The number of nitrogens with zero attached hydrogens (tertiary/aromatic N) is 2. The van der Waals surface area contributed by atoms with Gasteiger partial charge < -0.3 is 5.32 Å². The fourth-order valence-electron chi connectivity index (χ4n) is 2.59. The Morgan fingerprint density at radius 3 is 2.36 bits per heavy atom. The third kappa shape index (κ3) is 4.53. The Kier molecular flexibility index (Phi) is 6.49. The topological polar surface area (TPSA) is 75.5 Å². The van der Waals surface area contributed by atoms with Crippen LogP contribution in [0.3, 0.4) is 0 Å². The summed E-state index contributed by atoms with van der Waals surface area (Å²) in [5.41, 5.74) is 0.485. The predicted molar refractivity (Wildman–Crippen MR) is 87.1 cm³/mol. The molecule has 1 aromatic carbocycles. The second kappa shape index (κ2) is 7.89. The molecule has 1 aromatic rings. The Labute approximate surface area is 131 Å². The molecule has 6 heteroatoms. The first-order valence-electron chi connectivity index (χ1n) is 7.53. The summed E-state index contributed by atoms with van der Waals surface area (Å²) in [5, 5.41) is 13.9. The van der Waals surface area contributed by atoms with E-state index in [1.807, 2.05) is 0 Å². The molecule has 1 amide bonds. The summed E-state index contributed by atoms with van der Waals surface area (Å²) in [4.78, 5) is 25.1. The molecule has 0 fully saturated rings. The monoisotopic (exact) mass is 307 g/mol. The molecule has 0 spiro atoms. The van der Waals surface area contributed by atoms with Crippen molar-refractivity contribution in [3.8, 4) is 0 Å². The fourth-order valence-corrected chi connectivity index (χ4v) is 2.59. The van der Waals surface area contributed by atoms with Crippen LogP contribution in [0.1, 0.15) is 43.6 Å². The minimum absolute atomic E-state index is 0.116. The van der Waals surface area contributed by atoms with Crippen LogP contribution in [-0.4, -0.2) is 40.9 Å². The summed E-state index contributed by atoms with van der Waals surface area (Å²) in [5.74, 6) is -0.400. The van der Waals surface area contributed by atoms with Gasteiger partial charge in [-0.15, -0.1) is 0 Å². The van der Waals surface area contributed by atoms with Crippen molar-refractivity contribution in [1.29, 1.82) is 0 Å². The van der Waals surface area contributed by atoms with E-state index in [2.05, 4.69) is 37.9 Å². The van der Waals surface area contributed by atoms with Gasteiger partial charge in [-0.1, -0.05) is 12.1 Å². The van der Waals surface area contributed by atoms with E-state index < -0.39 is 10.8 Å². The fraction of sp³-hybridized carbons (Fsp3) is 0.562. The lowest BCUT2D eigenvalue weighted by molar-refractivity contribution is -0.385. The van der Waals surface area contributed by atoms with Gasteiger partial charge in [0.25, 0.3) is 11.6 Å². The Morgan fingerprint density at radius 2 is 1.86 bits per heavy atom. The van der Waals surface area contributed by atoms with Crippen LogP contribution in [0.25, 0.3) is 0 Å². The lowest BCUT2D eigenvalue weighted by atomic mass is 10.1. The minimum atomic E-state index is -0.501. The van der Waals surface area contributed by atoms with Crippen molar-refractivity contribution in [2.45, 2.75) is 46.7 Å². The number of rotatable bonds is 7. The number of para-hydroxylation sites is 1. The zero-order valence-corrected chi connectivity index (χ0v) is 13.9. The first kappa shape index (κ1) is 18.1. The maximum Gasteiger partial charge on any atom is 0.285 e. The van der Waals surface area contributed by atoms with Gasteiger partial charge in [0.15, 0.2) is 0 Å². The van der Waals surface area contributed by atoms with Gasteiger partial charge >= 0.3 is 0 Å². The van der Waals surface area contributed by atoms with Gasteiger partial charge in [-0.3, -0.25) is 19.8 Å². The largest absolute Gasteiger partial charge is 0.351 e. The highest BCUT2D eigenvalue weighted by molar-refractivity contribution is 5.98. The van der Waals surface area contributed by atoms with Crippen LogP contribution >= 0.6 is 0 Å². The Morgan fingerprint density at radius 1 is 1.27 bits per heavy atom. The van der Waals surface area contributed by atoms with Crippen molar-refractivity contribution in [3.63, 3.8) is 0 Å². The molecule has 0 heterocycles. The average Bonchev–Trinajstić information content (AvgIpc) is 2.41. The van der Waals surface area contributed by atoms with Crippen LogP contribution in [0, 0.1) is 17.0 Å². The molecular formula is C16H25N3O3. The number of benzene rings is 1. The lowest BCUT2D eigenvalue weighted by Crippen LogP contribution is -2.42. The van der Waals surface area contributed by atoms with E-state index in [1.165, 1.54) is 6.07 Å². The molecule has 1 N–H and O–H groups in total. The van der Waals surface area contributed by atoms with E-state index in [9.17, 15) is 14.9 Å². The molecule has 0 saturated heterocycles. The molecule has 122 valence electrons. The van der Waals surface area contributed by atoms with Crippen molar-refractivity contribution in [1.82, 2.24) is 10.2 Å². The number of hydrogen-bond acceptors (Lipinski definition) is 4. The summed E-state index contributed by atoms with van der Waals surface area (Å²) in [6.45, 7) is 11.2. The normalized spacial score (nSPS) is 11.3. The average molecular weight is 307 g/mol. The number of nitro benzene ring substituents is 1. The minimum Gasteiger partial charge on any atom is -0.351 e. The van der Waals surface area contributed by atoms with Crippen molar-refractivity contribution in [2.24, 2.45) is 0 Å². The SMILES string of the molecule is Cc1cccc(C(=O)NCCN(C(C)C)C(C)C)c1[N+](=O)[O-]. The maximum absolute atomic E-state index is 12.2. The molecule has 6 nitrogen and oxygen atoms in total. The smallest absolute Gasteiger partial charge is 0.285 e. The molecule has 0 aliphatic heterocycles. The van der Waals surface area contributed by atoms with Crippen molar-refractivity contribution >= 4 is 11.6 Å². The van der Waals surface area contributed by atoms with Crippen LogP contribution in [0.4, 0.5) is 5.69 Å². The number of carbonyl (C=O) groups excluding carboxylic acids is 1. The zero-order valence-electron chi connectivity index (χ0n) is 13.9. The molecule has 0 aliphatic rings. The first-order valence-corrected chi connectivity index (χ1v) is 7.53. The zero-order chi connectivity index (χ0) is 16.9. The second-order valence-electron chi connectivity index (χ2n) is 5.91. The third-order valence-corrected chi connectivity index (χ3v) is 3.65. The lowest BCUT2D eigenvalue weighted by Gasteiger charge is -2.30. The molecule has 0 atom stereocenters. The Balaban J connectivity index is 2.75. The number of nitro groups is 1. The Hall–Kier alpha value is -1.95. The predicted octanol–water partition coefficient (Wildman–Crippen LogP) is 2.75. The molecule has 1 rings (SSSR count). The van der Waals surface area contributed by atoms with Gasteiger partial charge in [0, 0.05) is 30.7 Å². The van der Waals surface area contributed by atoms with Gasteiger partial charge in [-0.25, -0.2) is 0 Å². The first-order chi connectivity index (χ1) is 10.3. The number of aryl methyl sites for hydroxylation is 1. The Bertz CT molecular complexity index is 533. The highest BCUT2D eigenvalue weighted by atomic mass is 16.6. The highest BCUT2D eigenvalue weighted by Gasteiger charge is 2.22. The quantitative estimate of drug-likeness (QED) is 0.621. The van der Waals surface area contributed by atoms with E-state index in [4.69, 9.17) is 0 Å². The van der Waals surface area contributed by atoms with Gasteiger partial charge in [-0.2, -0.15) is 0 Å². The molecular weight excluding hydrogens is 282 g/mol. The van der Waals surface area contributed by atoms with E-state index in [-0.39, 0.29) is 11.3 Å². The maximum atomic E-state index is 12.2. The summed E-state index contributed by atoms with van der Waals surface area (Å²) in [6.07, 6.45) is 0. The van der Waals surface area contributed by atoms with Crippen LogP contribution in [0.2, 0.25) is 0 Å². The van der Waals surface area contributed by atoms with E-state index in [1.54, 1.807) is 19.1 Å². The number of amides is 1. The van der Waals surface area contributed by atoms with Crippen molar-refractivity contribution in [2.75, 3.05) is 13.1 Å². The van der Waals surface area contributed by atoms with Gasteiger partial charge in [0.1, 0.15) is 5.56 Å². The second-order valence-corrected chi connectivity index (χ2v) is 5.91. The molecule has 0 unspecified atom stereocenters. The third-order valence-electron chi connectivity index (χ3n) is 3.65. The van der Waals surface area contributed by atoms with Crippen LogP contribution in [-0.2, 0) is 0 Å². The number of carbonyl (C=O) groups is 1.